The zero-order valence-electron chi connectivity index (χ0n) is 15.0. The summed E-state index contributed by atoms with van der Waals surface area (Å²) in [6.45, 7) is -1.39. The van der Waals surface area contributed by atoms with Crippen molar-refractivity contribution in [2.24, 2.45) is 0 Å². The number of carbonyl (C=O) groups is 2. The number of carbonyl (C=O) groups excluding carboxylic acids is 1. The summed E-state index contributed by atoms with van der Waals surface area (Å²) in [6.07, 6.45) is -6.42. The molecule has 0 spiro atoms. The van der Waals surface area contributed by atoms with Gasteiger partial charge in [-0.2, -0.15) is 12.6 Å². The number of aliphatic hydroxyl groups is 5. The molecule has 7 N–H and O–H groups in total. The number of rotatable bonds is 12. The van der Waals surface area contributed by atoms with Crippen LogP contribution in [-0.2, 0) is 23.8 Å². The SMILES string of the molecule is O=C(COCCOCCC(S)C(=O)O)NCC1(O)O[C@H](CO)[C@@H](O)[C@H](O)[C@H]1O. The molecule has 1 rings (SSSR count). The Morgan fingerprint density at radius 3 is 2.39 bits per heavy atom. The molecular formula is C15H27NO11S. The molecule has 1 aliphatic rings. The van der Waals surface area contributed by atoms with Crippen LogP contribution in [0.3, 0.4) is 0 Å². The molecule has 13 heteroatoms. The van der Waals surface area contributed by atoms with Crippen LogP contribution in [0.4, 0.5) is 0 Å². The van der Waals surface area contributed by atoms with Crippen molar-refractivity contribution in [1.82, 2.24) is 5.32 Å². The van der Waals surface area contributed by atoms with Crippen LogP contribution in [0.2, 0.25) is 0 Å². The van der Waals surface area contributed by atoms with Gasteiger partial charge in [-0.05, 0) is 6.42 Å². The Kier molecular flexibility index (Phi) is 10.6. The maximum Gasteiger partial charge on any atom is 0.316 e. The molecule has 6 atom stereocenters. The van der Waals surface area contributed by atoms with Crippen molar-refractivity contribution in [2.75, 3.05) is 39.6 Å². The summed E-state index contributed by atoms with van der Waals surface area (Å²) >= 11 is 3.84. The summed E-state index contributed by atoms with van der Waals surface area (Å²) < 4.78 is 15.2. The largest absolute Gasteiger partial charge is 0.480 e. The molecule has 0 aromatic heterocycles. The molecule has 1 aliphatic heterocycles. The van der Waals surface area contributed by atoms with Crippen molar-refractivity contribution >= 4 is 24.5 Å². The number of carboxylic acid groups (broad SMARTS) is 1. The second kappa shape index (κ2) is 11.8. The summed E-state index contributed by atoms with van der Waals surface area (Å²) in [4.78, 5) is 22.3. The van der Waals surface area contributed by atoms with Crippen molar-refractivity contribution in [2.45, 2.75) is 41.9 Å². The van der Waals surface area contributed by atoms with Crippen molar-refractivity contribution in [3.05, 3.63) is 0 Å². The minimum atomic E-state index is -2.40. The number of aliphatic carboxylic acids is 1. The van der Waals surface area contributed by atoms with Crippen LogP contribution in [0, 0.1) is 0 Å². The first-order valence-corrected chi connectivity index (χ1v) is 9.02. The molecule has 0 saturated carbocycles. The topological polar surface area (TPSA) is 195 Å². The fourth-order valence-electron chi connectivity index (χ4n) is 2.35. The van der Waals surface area contributed by atoms with Gasteiger partial charge in [-0.3, -0.25) is 9.59 Å². The van der Waals surface area contributed by atoms with Gasteiger partial charge in [0.1, 0.15) is 36.3 Å². The molecule has 0 aromatic rings. The van der Waals surface area contributed by atoms with E-state index >= 15 is 0 Å². The van der Waals surface area contributed by atoms with E-state index < -0.39 is 67.1 Å². The van der Waals surface area contributed by atoms with E-state index in [0.29, 0.717) is 0 Å². The lowest BCUT2D eigenvalue weighted by molar-refractivity contribution is -0.345. The normalized spacial score (nSPS) is 31.4. The Morgan fingerprint density at radius 1 is 1.14 bits per heavy atom. The van der Waals surface area contributed by atoms with Crippen LogP contribution < -0.4 is 5.32 Å². The fourth-order valence-corrected chi connectivity index (χ4v) is 2.45. The van der Waals surface area contributed by atoms with Crippen molar-refractivity contribution < 1.29 is 54.4 Å². The Morgan fingerprint density at radius 2 is 1.79 bits per heavy atom. The highest BCUT2D eigenvalue weighted by Gasteiger charge is 2.52. The molecule has 1 heterocycles. The van der Waals surface area contributed by atoms with E-state index in [1.165, 1.54) is 0 Å². The molecule has 1 fully saturated rings. The Hall–Kier alpha value is -1.03. The van der Waals surface area contributed by atoms with E-state index in [9.17, 15) is 30.0 Å². The van der Waals surface area contributed by atoms with Gasteiger partial charge in [0.05, 0.1) is 26.4 Å². The minimum absolute atomic E-state index is 0.0542. The molecule has 0 bridgehead atoms. The van der Waals surface area contributed by atoms with Gasteiger partial charge in [0.25, 0.3) is 0 Å². The standard InChI is InChI=1S/C15H27NO11S/c17-5-8-11(19)12(20)13(21)15(24,27-8)7-16-10(18)6-26-4-3-25-2-1-9(28)14(22)23/h8-9,11-13,17,19-21,24,28H,1-7H2,(H,16,18)(H,22,23)/t8-,9?,11-,12+,13-,15?/m1/s1. The molecule has 1 saturated heterocycles. The van der Waals surface area contributed by atoms with Gasteiger partial charge >= 0.3 is 5.97 Å². The van der Waals surface area contributed by atoms with Crippen LogP contribution >= 0.6 is 12.6 Å². The zero-order chi connectivity index (χ0) is 21.3. The first-order valence-electron chi connectivity index (χ1n) is 8.50. The summed E-state index contributed by atoms with van der Waals surface area (Å²) in [5, 5.41) is 58.6. The third kappa shape index (κ3) is 7.42. The number of aliphatic hydroxyl groups excluding tert-OH is 4. The van der Waals surface area contributed by atoms with E-state index in [1.807, 2.05) is 0 Å². The maximum absolute atomic E-state index is 11.7. The van der Waals surface area contributed by atoms with Crippen LogP contribution in [0.25, 0.3) is 0 Å². The van der Waals surface area contributed by atoms with Gasteiger partial charge in [0.2, 0.25) is 11.7 Å². The van der Waals surface area contributed by atoms with Gasteiger partial charge in [-0.15, -0.1) is 0 Å². The maximum atomic E-state index is 11.7. The first-order chi connectivity index (χ1) is 13.1. The third-order valence-electron chi connectivity index (χ3n) is 4.02. The molecule has 0 aromatic carbocycles. The highest BCUT2D eigenvalue weighted by Crippen LogP contribution is 2.27. The van der Waals surface area contributed by atoms with Crippen molar-refractivity contribution in [1.29, 1.82) is 0 Å². The Bertz CT molecular complexity index is 508. The number of hydrogen-bond acceptors (Lipinski definition) is 11. The van der Waals surface area contributed by atoms with Crippen LogP contribution in [0.1, 0.15) is 6.42 Å². The monoisotopic (exact) mass is 429 g/mol. The molecule has 28 heavy (non-hydrogen) atoms. The van der Waals surface area contributed by atoms with Crippen LogP contribution in [0.5, 0.6) is 0 Å². The van der Waals surface area contributed by atoms with Crippen molar-refractivity contribution in [3.8, 4) is 0 Å². The fraction of sp³-hybridized carbons (Fsp3) is 0.867. The summed E-state index contributed by atoms with van der Waals surface area (Å²) in [5.74, 6) is -4.11. The van der Waals surface area contributed by atoms with Crippen molar-refractivity contribution in [3.63, 3.8) is 0 Å². The van der Waals surface area contributed by atoms with Gasteiger partial charge in [-0.25, -0.2) is 0 Å². The highest BCUT2D eigenvalue weighted by atomic mass is 32.1. The molecule has 2 unspecified atom stereocenters. The lowest BCUT2D eigenvalue weighted by Crippen LogP contribution is -2.68. The van der Waals surface area contributed by atoms with E-state index in [0.717, 1.165) is 0 Å². The smallest absolute Gasteiger partial charge is 0.316 e. The molecule has 0 aliphatic carbocycles. The van der Waals surface area contributed by atoms with Gasteiger partial charge < -0.3 is 50.2 Å². The summed E-state index contributed by atoms with van der Waals surface area (Å²) in [7, 11) is 0. The average molecular weight is 429 g/mol. The predicted octanol–water partition coefficient (Wildman–Crippen LogP) is -3.93. The second-order valence-electron chi connectivity index (χ2n) is 6.19. The first kappa shape index (κ1) is 25.0. The molecule has 1 amide bonds. The quantitative estimate of drug-likeness (QED) is 0.111. The second-order valence-corrected chi connectivity index (χ2v) is 6.82. The van der Waals surface area contributed by atoms with E-state index in [4.69, 9.17) is 24.4 Å². The number of hydrogen-bond donors (Lipinski definition) is 8. The van der Waals surface area contributed by atoms with Gasteiger partial charge in [0, 0.05) is 6.61 Å². The lowest BCUT2D eigenvalue weighted by Gasteiger charge is -2.45. The molecule has 12 nitrogen and oxygen atoms in total. The van der Waals surface area contributed by atoms with Crippen LogP contribution in [0.15, 0.2) is 0 Å². The van der Waals surface area contributed by atoms with Gasteiger partial charge in [0.15, 0.2) is 0 Å². The Labute approximate surface area is 166 Å². The number of thiol groups is 1. The zero-order valence-corrected chi connectivity index (χ0v) is 15.9. The summed E-state index contributed by atoms with van der Waals surface area (Å²) in [5.41, 5.74) is 0. The minimum Gasteiger partial charge on any atom is -0.480 e. The molecular weight excluding hydrogens is 402 g/mol. The van der Waals surface area contributed by atoms with Crippen LogP contribution in [-0.4, -0.2) is 118 Å². The predicted molar refractivity (Wildman–Crippen MR) is 94.6 cm³/mol. The number of ether oxygens (including phenoxy) is 3. The molecule has 164 valence electrons. The number of carboxylic acids is 1. The third-order valence-corrected chi connectivity index (χ3v) is 4.50. The van der Waals surface area contributed by atoms with Gasteiger partial charge in [-0.1, -0.05) is 0 Å². The number of nitrogens with one attached hydrogen (secondary N) is 1. The Balaban J connectivity index is 2.24. The molecule has 0 radical (unpaired) electrons. The highest BCUT2D eigenvalue weighted by molar-refractivity contribution is 7.81. The average Bonchev–Trinajstić information content (AvgIpc) is 2.66. The lowest BCUT2D eigenvalue weighted by atomic mass is 9.92. The van der Waals surface area contributed by atoms with E-state index in [2.05, 4.69) is 17.9 Å². The summed E-state index contributed by atoms with van der Waals surface area (Å²) in [6, 6.07) is 0. The van der Waals surface area contributed by atoms with E-state index in [1.54, 1.807) is 0 Å². The number of amides is 1. The van der Waals surface area contributed by atoms with E-state index in [-0.39, 0.29) is 26.2 Å².